The van der Waals surface area contributed by atoms with Crippen molar-refractivity contribution < 1.29 is 19.4 Å². The van der Waals surface area contributed by atoms with Gasteiger partial charge in [-0.05, 0) is 58.3 Å². The van der Waals surface area contributed by atoms with Gasteiger partial charge in [-0.15, -0.1) is 0 Å². The van der Waals surface area contributed by atoms with Crippen LogP contribution in [0.4, 0.5) is 4.79 Å². The molecule has 0 radical (unpaired) electrons. The van der Waals surface area contributed by atoms with Crippen LogP contribution >= 0.6 is 0 Å². The number of carboxylic acids is 1. The van der Waals surface area contributed by atoms with E-state index in [1.165, 1.54) is 0 Å². The average Bonchev–Trinajstić information content (AvgIpc) is 2.36. The maximum Gasteiger partial charge on any atom is 0.410 e. The van der Waals surface area contributed by atoms with Gasteiger partial charge in [-0.25, -0.2) is 4.79 Å². The number of likely N-dealkylation sites (tertiary alicyclic amines) is 1. The minimum Gasteiger partial charge on any atom is -0.481 e. The Labute approximate surface area is 134 Å². The summed E-state index contributed by atoms with van der Waals surface area (Å²) in [7, 11) is 0. The summed E-state index contributed by atoms with van der Waals surface area (Å²) in [5.74, 6) is -0.489. The van der Waals surface area contributed by atoms with Crippen LogP contribution in [0, 0.1) is 17.8 Å². The smallest absolute Gasteiger partial charge is 0.410 e. The topological polar surface area (TPSA) is 66.8 Å². The van der Waals surface area contributed by atoms with Gasteiger partial charge in [0, 0.05) is 13.1 Å². The van der Waals surface area contributed by atoms with E-state index in [0.717, 1.165) is 25.8 Å². The molecule has 1 rings (SSSR count). The van der Waals surface area contributed by atoms with E-state index in [1.54, 1.807) is 4.90 Å². The van der Waals surface area contributed by atoms with Gasteiger partial charge in [-0.1, -0.05) is 13.8 Å². The second-order valence-corrected chi connectivity index (χ2v) is 7.70. The van der Waals surface area contributed by atoms with Crippen LogP contribution in [0.3, 0.4) is 0 Å². The molecule has 1 aliphatic rings. The molecule has 1 heterocycles. The molecule has 0 aromatic rings. The van der Waals surface area contributed by atoms with Gasteiger partial charge in [0.25, 0.3) is 0 Å². The number of hydrogen-bond acceptors (Lipinski definition) is 3. The zero-order valence-corrected chi connectivity index (χ0v) is 14.6. The molecule has 2 atom stereocenters. The van der Waals surface area contributed by atoms with Crippen LogP contribution < -0.4 is 0 Å². The van der Waals surface area contributed by atoms with Crippen LogP contribution in [0.1, 0.15) is 60.3 Å². The van der Waals surface area contributed by atoms with Gasteiger partial charge in [0.2, 0.25) is 0 Å². The van der Waals surface area contributed by atoms with Gasteiger partial charge in [-0.2, -0.15) is 0 Å². The maximum absolute atomic E-state index is 12.1. The Morgan fingerprint density at radius 1 is 1.32 bits per heavy atom. The highest BCUT2D eigenvalue weighted by Crippen LogP contribution is 2.26. The molecule has 1 aliphatic heterocycles. The molecule has 1 saturated heterocycles. The molecule has 0 spiro atoms. The van der Waals surface area contributed by atoms with Crippen LogP contribution in [-0.4, -0.2) is 40.8 Å². The molecule has 0 aromatic heterocycles. The number of carbonyl (C=O) groups is 2. The van der Waals surface area contributed by atoms with Gasteiger partial charge < -0.3 is 14.7 Å². The van der Waals surface area contributed by atoms with E-state index in [0.29, 0.717) is 18.9 Å². The highest BCUT2D eigenvalue weighted by molar-refractivity contribution is 5.70. The summed E-state index contributed by atoms with van der Waals surface area (Å²) in [5, 5.41) is 9.26. The van der Waals surface area contributed by atoms with Crippen LogP contribution in [0.25, 0.3) is 0 Å². The molecule has 128 valence electrons. The Bertz CT molecular complexity index is 387. The van der Waals surface area contributed by atoms with E-state index in [-0.39, 0.29) is 17.9 Å². The number of nitrogens with zero attached hydrogens (tertiary/aromatic N) is 1. The van der Waals surface area contributed by atoms with E-state index >= 15 is 0 Å². The van der Waals surface area contributed by atoms with Crippen molar-refractivity contribution in [1.82, 2.24) is 4.90 Å². The highest BCUT2D eigenvalue weighted by Gasteiger charge is 2.29. The number of rotatable bonds is 5. The highest BCUT2D eigenvalue weighted by atomic mass is 16.6. The third-order valence-electron chi connectivity index (χ3n) is 4.18. The molecule has 5 heteroatoms. The first-order chi connectivity index (χ1) is 10.1. The lowest BCUT2D eigenvalue weighted by molar-refractivity contribution is -0.143. The molecule has 0 saturated carbocycles. The van der Waals surface area contributed by atoms with E-state index in [1.807, 2.05) is 34.6 Å². The van der Waals surface area contributed by atoms with E-state index in [4.69, 9.17) is 4.74 Å². The van der Waals surface area contributed by atoms with Gasteiger partial charge in [0.05, 0.1) is 5.92 Å². The fraction of sp³-hybridized carbons (Fsp3) is 0.882. The number of aliphatic carboxylic acids is 1. The predicted octanol–water partition coefficient (Wildman–Crippen LogP) is 3.77. The minimum absolute atomic E-state index is 0.142. The molecule has 0 aromatic carbocycles. The summed E-state index contributed by atoms with van der Waals surface area (Å²) < 4.78 is 5.42. The molecule has 2 unspecified atom stereocenters. The van der Waals surface area contributed by atoms with Gasteiger partial charge in [-0.3, -0.25) is 4.79 Å². The fourth-order valence-corrected chi connectivity index (χ4v) is 2.95. The van der Waals surface area contributed by atoms with Crippen molar-refractivity contribution in [2.75, 3.05) is 13.1 Å². The Balaban J connectivity index is 2.49. The first kappa shape index (κ1) is 18.8. The zero-order valence-electron chi connectivity index (χ0n) is 14.6. The van der Waals surface area contributed by atoms with Crippen LogP contribution in [0.5, 0.6) is 0 Å². The number of amides is 1. The van der Waals surface area contributed by atoms with Crippen molar-refractivity contribution in [3.8, 4) is 0 Å². The Morgan fingerprint density at radius 2 is 1.95 bits per heavy atom. The van der Waals surface area contributed by atoms with Crippen LogP contribution in [0.15, 0.2) is 0 Å². The molecule has 1 amide bonds. The van der Waals surface area contributed by atoms with Crippen molar-refractivity contribution in [1.29, 1.82) is 0 Å². The molecule has 22 heavy (non-hydrogen) atoms. The minimum atomic E-state index is -0.713. The first-order valence-electron chi connectivity index (χ1n) is 8.31. The van der Waals surface area contributed by atoms with Crippen LogP contribution in [-0.2, 0) is 9.53 Å². The van der Waals surface area contributed by atoms with Gasteiger partial charge in [0.15, 0.2) is 0 Å². The Hall–Kier alpha value is -1.26. The largest absolute Gasteiger partial charge is 0.481 e. The third-order valence-corrected chi connectivity index (χ3v) is 4.18. The molecular weight excluding hydrogens is 282 g/mol. The van der Waals surface area contributed by atoms with Crippen molar-refractivity contribution >= 4 is 12.1 Å². The van der Waals surface area contributed by atoms with Crippen molar-refractivity contribution in [3.63, 3.8) is 0 Å². The maximum atomic E-state index is 12.1. The molecular formula is C17H31NO4. The number of hydrogen-bond donors (Lipinski definition) is 1. The number of carbonyl (C=O) groups excluding carboxylic acids is 1. The van der Waals surface area contributed by atoms with E-state index in [2.05, 4.69) is 0 Å². The predicted molar refractivity (Wildman–Crippen MR) is 85.7 cm³/mol. The molecule has 0 bridgehead atoms. The zero-order chi connectivity index (χ0) is 16.9. The fourth-order valence-electron chi connectivity index (χ4n) is 2.95. The first-order valence-corrected chi connectivity index (χ1v) is 8.31. The number of ether oxygens (including phenoxy) is 1. The summed E-state index contributed by atoms with van der Waals surface area (Å²) in [6.45, 7) is 10.9. The van der Waals surface area contributed by atoms with Crippen molar-refractivity contribution in [3.05, 3.63) is 0 Å². The summed E-state index contributed by atoms with van der Waals surface area (Å²) >= 11 is 0. The Morgan fingerprint density at radius 3 is 2.45 bits per heavy atom. The molecule has 1 N–H and O–H groups in total. The summed E-state index contributed by atoms with van der Waals surface area (Å²) in [6.07, 6.45) is 3.30. The van der Waals surface area contributed by atoms with Gasteiger partial charge in [0.1, 0.15) is 5.60 Å². The van der Waals surface area contributed by atoms with Crippen molar-refractivity contribution in [2.45, 2.75) is 65.9 Å². The molecule has 5 nitrogen and oxygen atoms in total. The second kappa shape index (κ2) is 7.84. The summed E-state index contributed by atoms with van der Waals surface area (Å²) in [5.41, 5.74) is -0.476. The van der Waals surface area contributed by atoms with Crippen molar-refractivity contribution in [2.24, 2.45) is 17.8 Å². The standard InChI is InChI=1S/C17H31NO4/c1-12(2)14(15(19)20)9-8-13-7-6-10-18(11-13)16(21)22-17(3,4)5/h12-14H,6-11H2,1-5H3,(H,19,20). The van der Waals surface area contributed by atoms with E-state index < -0.39 is 11.6 Å². The summed E-state index contributed by atoms with van der Waals surface area (Å²) in [4.78, 5) is 25.2. The SMILES string of the molecule is CC(C)C(CCC1CCCN(C(=O)OC(C)(C)C)C1)C(=O)O. The van der Waals surface area contributed by atoms with E-state index in [9.17, 15) is 14.7 Å². The number of piperidine rings is 1. The lowest BCUT2D eigenvalue weighted by Crippen LogP contribution is -2.43. The molecule has 1 fully saturated rings. The molecule has 0 aliphatic carbocycles. The lowest BCUT2D eigenvalue weighted by atomic mass is 9.85. The normalized spacial score (nSPS) is 20.8. The lowest BCUT2D eigenvalue weighted by Gasteiger charge is -2.34. The number of carboxylic acid groups (broad SMARTS) is 1. The third kappa shape index (κ3) is 6.24. The summed E-state index contributed by atoms with van der Waals surface area (Å²) in [6, 6.07) is 0. The Kier molecular flexibility index (Phi) is 6.69. The quantitative estimate of drug-likeness (QED) is 0.839. The monoisotopic (exact) mass is 313 g/mol. The van der Waals surface area contributed by atoms with Gasteiger partial charge >= 0.3 is 12.1 Å². The average molecular weight is 313 g/mol. The van der Waals surface area contributed by atoms with Crippen LogP contribution in [0.2, 0.25) is 0 Å². The second-order valence-electron chi connectivity index (χ2n) is 7.70.